The van der Waals surface area contributed by atoms with E-state index in [2.05, 4.69) is 29.4 Å². The number of aryl methyl sites for hydroxylation is 1. The highest BCUT2D eigenvalue weighted by Crippen LogP contribution is 2.28. The molecule has 134 valence electrons. The summed E-state index contributed by atoms with van der Waals surface area (Å²) in [4.78, 5) is 16.3. The van der Waals surface area contributed by atoms with Crippen LogP contribution in [0.4, 0.5) is 0 Å². The van der Waals surface area contributed by atoms with E-state index in [4.69, 9.17) is 16.0 Å². The summed E-state index contributed by atoms with van der Waals surface area (Å²) in [5, 5.41) is 3.58. The van der Waals surface area contributed by atoms with Gasteiger partial charge in [0, 0.05) is 24.9 Å². The van der Waals surface area contributed by atoms with Gasteiger partial charge in [0.25, 0.3) is 0 Å². The molecular weight excluding hydrogens is 348 g/mol. The van der Waals surface area contributed by atoms with Crippen LogP contribution in [0.15, 0.2) is 65.2 Å². The molecule has 1 atom stereocenters. The van der Waals surface area contributed by atoms with Gasteiger partial charge in [-0.3, -0.25) is 4.79 Å². The Hall–Kier alpha value is -2.59. The van der Waals surface area contributed by atoms with Crippen LogP contribution < -0.4 is 5.32 Å². The molecule has 0 bridgehead atoms. The molecule has 0 aliphatic rings. The first-order valence-corrected chi connectivity index (χ1v) is 9.02. The number of halogens is 1. The average Bonchev–Trinajstić information content (AvgIpc) is 3.14. The molecule has 1 unspecified atom stereocenters. The Morgan fingerprint density at radius 2 is 1.88 bits per heavy atom. The van der Waals surface area contributed by atoms with Gasteiger partial charge in [-0.2, -0.15) is 0 Å². The van der Waals surface area contributed by atoms with Crippen LogP contribution in [0.5, 0.6) is 0 Å². The number of oxazole rings is 1. The smallest absolute Gasteiger partial charge is 0.220 e. The molecule has 26 heavy (non-hydrogen) atoms. The summed E-state index contributed by atoms with van der Waals surface area (Å²) in [5.74, 6) is 1.41. The van der Waals surface area contributed by atoms with Crippen LogP contribution >= 0.6 is 11.6 Å². The molecule has 0 spiro atoms. The maximum Gasteiger partial charge on any atom is 0.220 e. The third kappa shape index (κ3) is 4.73. The Balaban J connectivity index is 1.49. The lowest BCUT2D eigenvalue weighted by atomic mass is 10.0. The van der Waals surface area contributed by atoms with Crippen LogP contribution in [0.1, 0.15) is 30.7 Å². The number of hydrogen-bond donors (Lipinski definition) is 1. The summed E-state index contributed by atoms with van der Waals surface area (Å²) in [6.07, 6.45) is 2.44. The van der Waals surface area contributed by atoms with Crippen molar-refractivity contribution < 1.29 is 9.21 Å². The van der Waals surface area contributed by atoms with E-state index in [0.717, 1.165) is 5.56 Å². The van der Waals surface area contributed by atoms with Crippen LogP contribution in [0.3, 0.4) is 0 Å². The lowest BCUT2D eigenvalue weighted by Gasteiger charge is -2.12. The second kappa shape index (κ2) is 8.68. The van der Waals surface area contributed by atoms with Crippen LogP contribution in [0, 0.1) is 0 Å². The SMILES string of the molecule is CC(CNC(=O)CCc1ncc(-c2ccccc2Cl)o1)c1ccccc1. The zero-order valence-corrected chi connectivity index (χ0v) is 15.4. The van der Waals surface area contributed by atoms with Gasteiger partial charge in [-0.1, -0.05) is 61.0 Å². The van der Waals surface area contributed by atoms with Gasteiger partial charge in [-0.25, -0.2) is 4.98 Å². The van der Waals surface area contributed by atoms with Crippen molar-refractivity contribution in [2.24, 2.45) is 0 Å². The average molecular weight is 369 g/mol. The second-order valence-electron chi connectivity index (χ2n) is 6.21. The van der Waals surface area contributed by atoms with E-state index in [1.165, 1.54) is 5.56 Å². The lowest BCUT2D eigenvalue weighted by Crippen LogP contribution is -2.27. The monoisotopic (exact) mass is 368 g/mol. The summed E-state index contributed by atoms with van der Waals surface area (Å²) in [6, 6.07) is 17.6. The number of carbonyl (C=O) groups is 1. The molecule has 1 N–H and O–H groups in total. The summed E-state index contributed by atoms with van der Waals surface area (Å²) >= 11 is 6.17. The number of nitrogens with zero attached hydrogens (tertiary/aromatic N) is 1. The zero-order valence-electron chi connectivity index (χ0n) is 14.6. The van der Waals surface area contributed by atoms with Crippen molar-refractivity contribution in [3.8, 4) is 11.3 Å². The van der Waals surface area contributed by atoms with E-state index in [-0.39, 0.29) is 11.8 Å². The molecule has 3 aromatic rings. The topological polar surface area (TPSA) is 55.1 Å². The number of rotatable bonds is 7. The number of amides is 1. The van der Waals surface area contributed by atoms with E-state index >= 15 is 0 Å². The quantitative estimate of drug-likeness (QED) is 0.648. The van der Waals surface area contributed by atoms with E-state index in [1.807, 2.05) is 36.4 Å². The fourth-order valence-electron chi connectivity index (χ4n) is 2.69. The highest BCUT2D eigenvalue weighted by atomic mass is 35.5. The molecule has 5 heteroatoms. The van der Waals surface area contributed by atoms with E-state index in [1.54, 1.807) is 12.3 Å². The largest absolute Gasteiger partial charge is 0.441 e. The fraction of sp³-hybridized carbons (Fsp3) is 0.238. The molecule has 0 saturated carbocycles. The molecule has 0 aliphatic heterocycles. The summed E-state index contributed by atoms with van der Waals surface area (Å²) < 4.78 is 5.72. The van der Waals surface area contributed by atoms with Crippen molar-refractivity contribution in [1.82, 2.24) is 10.3 Å². The summed E-state index contributed by atoms with van der Waals surface area (Å²) in [6.45, 7) is 2.71. The predicted octanol–water partition coefficient (Wildman–Crippen LogP) is 4.85. The highest BCUT2D eigenvalue weighted by molar-refractivity contribution is 6.33. The van der Waals surface area contributed by atoms with Crippen LogP contribution in [-0.2, 0) is 11.2 Å². The summed E-state index contributed by atoms with van der Waals surface area (Å²) in [5.41, 5.74) is 2.01. The van der Waals surface area contributed by atoms with Gasteiger partial charge >= 0.3 is 0 Å². The van der Waals surface area contributed by atoms with E-state index in [9.17, 15) is 4.79 Å². The molecule has 4 nitrogen and oxygen atoms in total. The predicted molar refractivity (Wildman–Crippen MR) is 103 cm³/mol. The lowest BCUT2D eigenvalue weighted by molar-refractivity contribution is -0.121. The van der Waals surface area contributed by atoms with Crippen molar-refractivity contribution in [3.63, 3.8) is 0 Å². The first-order valence-electron chi connectivity index (χ1n) is 8.64. The Morgan fingerprint density at radius 1 is 1.15 bits per heavy atom. The number of nitrogens with one attached hydrogen (secondary N) is 1. The Labute approximate surface area is 158 Å². The standard InChI is InChI=1S/C21H21ClN2O2/c1-15(16-7-3-2-4-8-16)13-23-20(25)11-12-21-24-14-19(26-21)17-9-5-6-10-18(17)22/h2-10,14-15H,11-13H2,1H3,(H,23,25). The maximum absolute atomic E-state index is 12.1. The molecule has 1 heterocycles. The van der Waals surface area contributed by atoms with Crippen molar-refractivity contribution >= 4 is 17.5 Å². The minimum absolute atomic E-state index is 0.00900. The van der Waals surface area contributed by atoms with Crippen molar-refractivity contribution in [3.05, 3.63) is 77.3 Å². The van der Waals surface area contributed by atoms with E-state index < -0.39 is 0 Å². The fourth-order valence-corrected chi connectivity index (χ4v) is 2.92. The van der Waals surface area contributed by atoms with Gasteiger partial charge in [-0.15, -0.1) is 0 Å². The normalized spacial score (nSPS) is 11.9. The molecule has 2 aromatic carbocycles. The molecule has 0 fully saturated rings. The van der Waals surface area contributed by atoms with Gasteiger partial charge < -0.3 is 9.73 Å². The first-order chi connectivity index (χ1) is 12.6. The third-order valence-corrected chi connectivity index (χ3v) is 4.56. The third-order valence-electron chi connectivity index (χ3n) is 4.23. The van der Waals surface area contributed by atoms with Crippen molar-refractivity contribution in [1.29, 1.82) is 0 Å². The van der Waals surface area contributed by atoms with Crippen molar-refractivity contribution in [2.45, 2.75) is 25.7 Å². The number of hydrogen-bond acceptors (Lipinski definition) is 3. The van der Waals surface area contributed by atoms with Crippen LogP contribution in [-0.4, -0.2) is 17.4 Å². The second-order valence-corrected chi connectivity index (χ2v) is 6.62. The van der Waals surface area contributed by atoms with Gasteiger partial charge in [0.15, 0.2) is 11.7 Å². The Morgan fingerprint density at radius 3 is 2.65 bits per heavy atom. The molecule has 1 aromatic heterocycles. The van der Waals surface area contributed by atoms with Gasteiger partial charge in [0.2, 0.25) is 5.91 Å². The highest BCUT2D eigenvalue weighted by Gasteiger charge is 2.12. The Kier molecular flexibility index (Phi) is 6.08. The molecule has 0 saturated heterocycles. The number of aromatic nitrogens is 1. The van der Waals surface area contributed by atoms with Crippen LogP contribution in [0.2, 0.25) is 5.02 Å². The minimum atomic E-state index is -0.00900. The number of benzene rings is 2. The van der Waals surface area contributed by atoms with Gasteiger partial charge in [0.05, 0.1) is 11.2 Å². The first kappa shape index (κ1) is 18.2. The minimum Gasteiger partial charge on any atom is -0.441 e. The maximum atomic E-state index is 12.1. The van der Waals surface area contributed by atoms with Crippen molar-refractivity contribution in [2.75, 3.05) is 6.54 Å². The zero-order chi connectivity index (χ0) is 18.4. The molecule has 0 aliphatic carbocycles. The van der Waals surface area contributed by atoms with Crippen LogP contribution in [0.25, 0.3) is 11.3 Å². The molecule has 0 radical (unpaired) electrons. The molecule has 1 amide bonds. The molecule has 3 rings (SSSR count). The molecular formula is C21H21ClN2O2. The van der Waals surface area contributed by atoms with E-state index in [0.29, 0.717) is 36.1 Å². The Bertz CT molecular complexity index is 861. The van der Waals surface area contributed by atoms with Gasteiger partial charge in [0.1, 0.15) is 0 Å². The number of carbonyl (C=O) groups excluding carboxylic acids is 1. The summed E-state index contributed by atoms with van der Waals surface area (Å²) in [7, 11) is 0. The van der Waals surface area contributed by atoms with Gasteiger partial charge in [-0.05, 0) is 23.6 Å².